The molecule has 1 aliphatic heterocycles. The lowest BCUT2D eigenvalue weighted by Crippen LogP contribution is -2.40. The molecule has 1 saturated heterocycles. The van der Waals surface area contributed by atoms with Gasteiger partial charge in [-0.25, -0.2) is 0 Å². The molecule has 1 unspecified atom stereocenters. The van der Waals surface area contributed by atoms with E-state index < -0.39 is 17.8 Å². The molecule has 1 fully saturated rings. The van der Waals surface area contributed by atoms with Gasteiger partial charge in [-0.05, 0) is 44.4 Å². The molecule has 0 spiro atoms. The number of benzene rings is 1. The standard InChI is InChI=1S/C17H22F3NO2/c1-3-21(16(22)13-7-9-23-10-8-13)12(2)14-5-4-6-15(11-14)17(18,19)20/h4-6,11-13H,3,7-10H2,1-2H3. The summed E-state index contributed by atoms with van der Waals surface area (Å²) in [5.74, 6) is -0.0994. The first-order valence-corrected chi connectivity index (χ1v) is 7.90. The van der Waals surface area contributed by atoms with Gasteiger partial charge in [-0.2, -0.15) is 13.2 Å². The fourth-order valence-corrected chi connectivity index (χ4v) is 2.95. The second-order valence-electron chi connectivity index (χ2n) is 5.81. The number of carbonyl (C=O) groups is 1. The highest BCUT2D eigenvalue weighted by molar-refractivity contribution is 5.79. The molecular formula is C17H22F3NO2. The van der Waals surface area contributed by atoms with Crippen LogP contribution in [0.4, 0.5) is 13.2 Å². The zero-order valence-electron chi connectivity index (χ0n) is 13.4. The minimum atomic E-state index is -4.38. The Morgan fingerprint density at radius 3 is 2.57 bits per heavy atom. The van der Waals surface area contributed by atoms with Crippen molar-refractivity contribution in [2.75, 3.05) is 19.8 Å². The van der Waals surface area contributed by atoms with Crippen LogP contribution in [0.5, 0.6) is 0 Å². The molecule has 1 aromatic rings. The number of rotatable bonds is 4. The second-order valence-corrected chi connectivity index (χ2v) is 5.81. The number of nitrogens with zero attached hydrogens (tertiary/aromatic N) is 1. The topological polar surface area (TPSA) is 29.5 Å². The number of carbonyl (C=O) groups excluding carboxylic acids is 1. The van der Waals surface area contributed by atoms with E-state index in [2.05, 4.69) is 0 Å². The number of hydrogen-bond acceptors (Lipinski definition) is 2. The molecule has 23 heavy (non-hydrogen) atoms. The van der Waals surface area contributed by atoms with Crippen molar-refractivity contribution in [2.24, 2.45) is 5.92 Å². The molecule has 1 amide bonds. The Kier molecular flexibility index (Phi) is 5.68. The van der Waals surface area contributed by atoms with E-state index in [1.807, 2.05) is 6.92 Å². The largest absolute Gasteiger partial charge is 0.416 e. The fourth-order valence-electron chi connectivity index (χ4n) is 2.95. The second kappa shape index (κ2) is 7.34. The summed E-state index contributed by atoms with van der Waals surface area (Å²) in [6, 6.07) is 4.82. The van der Waals surface area contributed by atoms with Crippen LogP contribution < -0.4 is 0 Å². The molecule has 1 atom stereocenters. The van der Waals surface area contributed by atoms with E-state index in [9.17, 15) is 18.0 Å². The molecule has 3 nitrogen and oxygen atoms in total. The van der Waals surface area contributed by atoms with E-state index in [4.69, 9.17) is 4.74 Å². The third-order valence-electron chi connectivity index (χ3n) is 4.36. The average molecular weight is 329 g/mol. The summed E-state index contributed by atoms with van der Waals surface area (Å²) in [5.41, 5.74) is -0.182. The SMILES string of the molecule is CCN(C(=O)C1CCOCC1)C(C)c1cccc(C(F)(F)F)c1. The molecule has 0 bridgehead atoms. The zero-order chi connectivity index (χ0) is 17.0. The van der Waals surface area contributed by atoms with E-state index in [-0.39, 0.29) is 11.8 Å². The first-order chi connectivity index (χ1) is 10.8. The normalized spacial score (nSPS) is 17.8. The maximum Gasteiger partial charge on any atom is 0.416 e. The smallest absolute Gasteiger partial charge is 0.381 e. The summed E-state index contributed by atoms with van der Waals surface area (Å²) in [6.07, 6.45) is -3.03. The molecule has 1 aliphatic rings. The van der Waals surface area contributed by atoms with Gasteiger partial charge in [0, 0.05) is 25.7 Å². The van der Waals surface area contributed by atoms with Crippen molar-refractivity contribution in [1.82, 2.24) is 4.90 Å². The first-order valence-electron chi connectivity index (χ1n) is 7.90. The third-order valence-corrected chi connectivity index (χ3v) is 4.36. The first kappa shape index (κ1) is 17.8. The van der Waals surface area contributed by atoms with Crippen LogP contribution >= 0.6 is 0 Å². The third kappa shape index (κ3) is 4.25. The van der Waals surface area contributed by atoms with E-state index in [1.165, 1.54) is 6.07 Å². The highest BCUT2D eigenvalue weighted by atomic mass is 19.4. The van der Waals surface area contributed by atoms with Gasteiger partial charge < -0.3 is 9.64 Å². The van der Waals surface area contributed by atoms with Gasteiger partial charge in [-0.15, -0.1) is 0 Å². The minimum Gasteiger partial charge on any atom is -0.381 e. The van der Waals surface area contributed by atoms with Crippen molar-refractivity contribution >= 4 is 5.91 Å². The van der Waals surface area contributed by atoms with Gasteiger partial charge in [0.25, 0.3) is 0 Å². The predicted octanol–water partition coefficient (Wildman–Crippen LogP) is 4.04. The van der Waals surface area contributed by atoms with Crippen molar-refractivity contribution in [3.63, 3.8) is 0 Å². The molecule has 2 rings (SSSR count). The fraction of sp³-hybridized carbons (Fsp3) is 0.588. The summed E-state index contributed by atoms with van der Waals surface area (Å²) in [7, 11) is 0. The Hall–Kier alpha value is -1.56. The van der Waals surface area contributed by atoms with Crippen LogP contribution in [0.3, 0.4) is 0 Å². The van der Waals surface area contributed by atoms with Crippen LogP contribution in [0.15, 0.2) is 24.3 Å². The number of hydrogen-bond donors (Lipinski definition) is 0. The predicted molar refractivity (Wildman–Crippen MR) is 80.8 cm³/mol. The lowest BCUT2D eigenvalue weighted by molar-refractivity contribution is -0.140. The molecule has 6 heteroatoms. The summed E-state index contributed by atoms with van der Waals surface area (Å²) in [6.45, 7) is 5.21. The van der Waals surface area contributed by atoms with Gasteiger partial charge in [-0.3, -0.25) is 4.79 Å². The van der Waals surface area contributed by atoms with Crippen molar-refractivity contribution in [3.05, 3.63) is 35.4 Å². The molecule has 1 heterocycles. The van der Waals surface area contributed by atoms with Gasteiger partial charge >= 0.3 is 6.18 Å². The number of alkyl halides is 3. The molecular weight excluding hydrogens is 307 g/mol. The van der Waals surface area contributed by atoms with E-state index in [0.29, 0.717) is 38.2 Å². The van der Waals surface area contributed by atoms with Crippen LogP contribution in [0.2, 0.25) is 0 Å². The van der Waals surface area contributed by atoms with E-state index in [0.717, 1.165) is 12.1 Å². The molecule has 0 aromatic heterocycles. The number of ether oxygens (including phenoxy) is 1. The summed E-state index contributed by atoms with van der Waals surface area (Å²) < 4.78 is 43.9. The Bertz CT molecular complexity index is 539. The summed E-state index contributed by atoms with van der Waals surface area (Å²) in [4.78, 5) is 14.3. The monoisotopic (exact) mass is 329 g/mol. The van der Waals surface area contributed by atoms with Crippen molar-refractivity contribution < 1.29 is 22.7 Å². The molecule has 0 radical (unpaired) electrons. The highest BCUT2D eigenvalue weighted by Gasteiger charge is 2.32. The van der Waals surface area contributed by atoms with Gasteiger partial charge in [0.05, 0.1) is 11.6 Å². The highest BCUT2D eigenvalue weighted by Crippen LogP contribution is 2.32. The molecule has 0 N–H and O–H groups in total. The van der Waals surface area contributed by atoms with E-state index in [1.54, 1.807) is 17.9 Å². The summed E-state index contributed by atoms with van der Waals surface area (Å²) >= 11 is 0. The Morgan fingerprint density at radius 1 is 1.35 bits per heavy atom. The zero-order valence-corrected chi connectivity index (χ0v) is 13.4. The Labute approximate surface area is 134 Å². The van der Waals surface area contributed by atoms with Gasteiger partial charge in [-0.1, -0.05) is 12.1 Å². The maximum absolute atomic E-state index is 12.9. The molecule has 1 aromatic carbocycles. The molecule has 0 aliphatic carbocycles. The van der Waals surface area contributed by atoms with Crippen LogP contribution in [-0.2, 0) is 15.7 Å². The number of halogens is 3. The summed E-state index contributed by atoms with van der Waals surface area (Å²) in [5, 5.41) is 0. The minimum absolute atomic E-state index is 0.000659. The maximum atomic E-state index is 12.9. The van der Waals surface area contributed by atoms with Crippen LogP contribution in [-0.4, -0.2) is 30.6 Å². The van der Waals surface area contributed by atoms with Gasteiger partial charge in [0.15, 0.2) is 0 Å². The molecule has 128 valence electrons. The lowest BCUT2D eigenvalue weighted by atomic mass is 9.96. The van der Waals surface area contributed by atoms with Crippen LogP contribution in [0.1, 0.15) is 43.9 Å². The van der Waals surface area contributed by atoms with Crippen molar-refractivity contribution in [2.45, 2.75) is 38.9 Å². The van der Waals surface area contributed by atoms with Crippen molar-refractivity contribution in [3.8, 4) is 0 Å². The van der Waals surface area contributed by atoms with Crippen molar-refractivity contribution in [1.29, 1.82) is 0 Å². The Morgan fingerprint density at radius 2 is 2.00 bits per heavy atom. The Balaban J connectivity index is 2.19. The quantitative estimate of drug-likeness (QED) is 0.834. The van der Waals surface area contributed by atoms with E-state index >= 15 is 0 Å². The van der Waals surface area contributed by atoms with Crippen LogP contribution in [0.25, 0.3) is 0 Å². The van der Waals surface area contributed by atoms with Gasteiger partial charge in [0.1, 0.15) is 0 Å². The average Bonchev–Trinajstić information content (AvgIpc) is 2.55. The van der Waals surface area contributed by atoms with Crippen LogP contribution in [0, 0.1) is 5.92 Å². The molecule has 0 saturated carbocycles. The number of amides is 1. The lowest BCUT2D eigenvalue weighted by Gasteiger charge is -2.33. The van der Waals surface area contributed by atoms with Gasteiger partial charge in [0.2, 0.25) is 5.91 Å².